The molecule has 0 radical (unpaired) electrons. The van der Waals surface area contributed by atoms with Gasteiger partial charge in [0.25, 0.3) is 29.5 Å². The zero-order valence-corrected chi connectivity index (χ0v) is 35.5. The molecule has 10 atom stereocenters. The summed E-state index contributed by atoms with van der Waals surface area (Å²) in [6.45, 7) is 9.73. The number of methoxy groups -OCH3 is 1. The van der Waals surface area contributed by atoms with Gasteiger partial charge in [-0.3, -0.25) is 44.2 Å². The summed E-state index contributed by atoms with van der Waals surface area (Å²) in [6, 6.07) is -8.47. The number of carbonyl (C=O) groups excluding carboxylic acids is 7. The van der Waals surface area contributed by atoms with Crippen molar-refractivity contribution in [2.24, 2.45) is 22.9 Å². The SMILES string of the molecule is COC[C@@H]1C(=O)NCC(=O)N2N=CCCC2C(=O)N(O)[C@H](C)C(=O)O[C@@H](C(C)C)[C@H](NC(=O)[C@@](C)(O)[C@]2(O)CC[C@@H](CC(C)C)[C@H](C)O2)C(=O)N2NCCCC2C(=O)N1O. The van der Waals surface area contributed by atoms with Gasteiger partial charge in [-0.25, -0.2) is 25.4 Å². The second kappa shape index (κ2) is 20.0. The van der Waals surface area contributed by atoms with E-state index in [1.54, 1.807) is 6.92 Å². The fraction of sp³-hybridized carbons (Fsp3) is 0.789. The number of cyclic esters (lactones) is 1. The Morgan fingerprint density at radius 3 is 2.32 bits per heavy atom. The maximum absolute atomic E-state index is 14.8. The van der Waals surface area contributed by atoms with Gasteiger partial charge in [-0.15, -0.1) is 0 Å². The number of fused-ring (bicyclic) bond motifs is 2. The molecule has 6 amide bonds. The first-order chi connectivity index (χ1) is 28.1. The Kier molecular flexibility index (Phi) is 16.1. The number of hydrazone groups is 1. The van der Waals surface area contributed by atoms with E-state index in [4.69, 9.17) is 14.2 Å². The second-order valence-electron chi connectivity index (χ2n) is 16.8. The largest absolute Gasteiger partial charge is 0.458 e. The third-order valence-corrected chi connectivity index (χ3v) is 11.5. The molecule has 0 saturated carbocycles. The molecule has 4 aliphatic heterocycles. The highest BCUT2D eigenvalue weighted by Crippen LogP contribution is 2.40. The predicted octanol–water partition coefficient (Wildman–Crippen LogP) is -1.22. The summed E-state index contributed by atoms with van der Waals surface area (Å²) in [7, 11) is 1.19. The summed E-state index contributed by atoms with van der Waals surface area (Å²) in [5.41, 5.74) is 0.0616. The number of nitrogens with zero attached hydrogens (tertiary/aromatic N) is 5. The number of amides is 6. The maximum atomic E-state index is 14.8. The van der Waals surface area contributed by atoms with Gasteiger partial charge in [0.15, 0.2) is 17.7 Å². The van der Waals surface area contributed by atoms with Crippen molar-refractivity contribution in [1.82, 2.24) is 36.2 Å². The molecule has 338 valence electrons. The van der Waals surface area contributed by atoms with Crippen LogP contribution in [0.1, 0.15) is 93.4 Å². The van der Waals surface area contributed by atoms with Crippen LogP contribution < -0.4 is 16.1 Å². The van der Waals surface area contributed by atoms with E-state index in [-0.39, 0.29) is 54.7 Å². The van der Waals surface area contributed by atoms with Gasteiger partial charge in [-0.2, -0.15) is 5.10 Å². The number of ether oxygens (including phenoxy) is 3. The summed E-state index contributed by atoms with van der Waals surface area (Å²) in [6.07, 6.45) is 0.467. The van der Waals surface area contributed by atoms with Gasteiger partial charge in [0.1, 0.15) is 24.2 Å². The van der Waals surface area contributed by atoms with Crippen molar-refractivity contribution in [3.63, 3.8) is 0 Å². The molecule has 4 heterocycles. The van der Waals surface area contributed by atoms with Gasteiger partial charge in [0, 0.05) is 26.3 Å². The lowest BCUT2D eigenvalue weighted by molar-refractivity contribution is -0.326. The van der Waals surface area contributed by atoms with Crippen molar-refractivity contribution < 1.29 is 68.4 Å². The number of aliphatic hydroxyl groups is 2. The number of hydrogen-bond acceptors (Lipinski definition) is 16. The summed E-state index contributed by atoms with van der Waals surface area (Å²) in [4.78, 5) is 97.4. The van der Waals surface area contributed by atoms with E-state index in [0.717, 1.165) is 30.3 Å². The topological polar surface area (TPSA) is 290 Å². The number of esters is 1. The second-order valence-corrected chi connectivity index (χ2v) is 16.8. The first-order valence-electron chi connectivity index (χ1n) is 20.4. The van der Waals surface area contributed by atoms with Crippen molar-refractivity contribution in [2.75, 3.05) is 26.8 Å². The van der Waals surface area contributed by atoms with Crippen LogP contribution >= 0.6 is 0 Å². The Labute approximate surface area is 348 Å². The third kappa shape index (κ3) is 10.4. The maximum Gasteiger partial charge on any atom is 0.331 e. The number of nitrogens with one attached hydrogen (secondary N) is 3. The Morgan fingerprint density at radius 1 is 1.03 bits per heavy atom. The molecule has 22 nitrogen and oxygen atoms in total. The summed E-state index contributed by atoms with van der Waals surface area (Å²) < 4.78 is 16.8. The van der Waals surface area contributed by atoms with Crippen molar-refractivity contribution in [2.45, 2.75) is 147 Å². The van der Waals surface area contributed by atoms with E-state index in [2.05, 4.69) is 21.2 Å². The molecule has 4 aliphatic rings. The highest BCUT2D eigenvalue weighted by Gasteiger charge is 2.57. The standard InChI is InChI=1S/C38H62N8O14/c1-20(2)17-24-13-14-38(55,60-23(24)6)37(7,54)36(53)42-29-30(21(3)4)59-35(52)22(5)45(56)32(49)25-11-9-15-40-43(25)28(47)18-39-31(48)27(19-58-8)46(57)33(50)26-12-10-16-41-44(26)34(29)51/h15,20-27,29-30,41,54-57H,9-14,16-19H2,1-8H3,(H,39,48)(H,42,53)/t22-,23+,24+,25?,26?,27-,29+,30+,37-,38+/m1/s1. The molecule has 0 aromatic carbocycles. The number of hydrazine groups is 1. The highest BCUT2D eigenvalue weighted by molar-refractivity contribution is 5.97. The smallest absolute Gasteiger partial charge is 0.331 e. The van der Waals surface area contributed by atoms with Crippen LogP contribution in [0.4, 0.5) is 0 Å². The molecular formula is C38H62N8O14. The molecule has 3 saturated heterocycles. The van der Waals surface area contributed by atoms with Crippen LogP contribution in [0.15, 0.2) is 5.10 Å². The molecule has 0 spiro atoms. The van der Waals surface area contributed by atoms with Crippen LogP contribution in [-0.4, -0.2) is 169 Å². The van der Waals surface area contributed by atoms with Gasteiger partial charge < -0.3 is 35.1 Å². The average Bonchev–Trinajstić information content (AvgIpc) is 3.21. The van der Waals surface area contributed by atoms with E-state index in [1.807, 2.05) is 13.8 Å². The number of rotatable bonds is 8. The molecule has 22 heteroatoms. The normalized spacial score (nSPS) is 33.0. The van der Waals surface area contributed by atoms with Crippen LogP contribution in [0, 0.1) is 17.8 Å². The van der Waals surface area contributed by atoms with Crippen molar-refractivity contribution >= 4 is 47.6 Å². The molecular weight excluding hydrogens is 792 g/mol. The summed E-state index contributed by atoms with van der Waals surface area (Å²) in [5.74, 6) is -10.9. The minimum Gasteiger partial charge on any atom is -0.458 e. The number of carbonyl (C=O) groups is 7. The average molecular weight is 855 g/mol. The lowest BCUT2D eigenvalue weighted by Gasteiger charge is -2.47. The van der Waals surface area contributed by atoms with E-state index in [1.165, 1.54) is 27.2 Å². The van der Waals surface area contributed by atoms with Crippen LogP contribution in [-0.2, 0) is 47.8 Å². The Bertz CT molecular complexity index is 1650. The lowest BCUT2D eigenvalue weighted by Crippen LogP contribution is -2.70. The minimum atomic E-state index is -2.72. The Morgan fingerprint density at radius 2 is 1.70 bits per heavy atom. The summed E-state index contributed by atoms with van der Waals surface area (Å²) >= 11 is 0. The number of hydroxylamine groups is 4. The van der Waals surface area contributed by atoms with Gasteiger partial charge in [0.2, 0.25) is 11.7 Å². The molecule has 3 fully saturated rings. The first kappa shape index (κ1) is 48.3. The van der Waals surface area contributed by atoms with Gasteiger partial charge >= 0.3 is 5.97 Å². The molecule has 0 aromatic rings. The quantitative estimate of drug-likeness (QED) is 0.111. The monoisotopic (exact) mass is 854 g/mol. The highest BCUT2D eigenvalue weighted by atomic mass is 16.6. The minimum absolute atomic E-state index is 0.0104. The molecule has 60 heavy (non-hydrogen) atoms. The molecule has 0 aromatic heterocycles. The van der Waals surface area contributed by atoms with Crippen LogP contribution in [0.2, 0.25) is 0 Å². The Balaban J connectivity index is 1.80. The molecule has 7 N–H and O–H groups in total. The fourth-order valence-electron chi connectivity index (χ4n) is 7.84. The summed E-state index contributed by atoms with van der Waals surface area (Å²) in [5, 5.41) is 56.2. The van der Waals surface area contributed by atoms with E-state index < -0.39 is 114 Å². The van der Waals surface area contributed by atoms with Gasteiger partial charge in [-0.05, 0) is 77.0 Å². The Hall–Kier alpha value is -4.32. The van der Waals surface area contributed by atoms with Crippen LogP contribution in [0.3, 0.4) is 0 Å². The van der Waals surface area contributed by atoms with E-state index in [9.17, 15) is 54.2 Å². The predicted molar refractivity (Wildman–Crippen MR) is 207 cm³/mol. The molecule has 2 unspecified atom stereocenters. The fourth-order valence-corrected chi connectivity index (χ4v) is 7.84. The third-order valence-electron chi connectivity index (χ3n) is 11.5. The molecule has 0 bridgehead atoms. The van der Waals surface area contributed by atoms with Gasteiger partial charge in [-0.1, -0.05) is 27.7 Å². The molecule has 4 rings (SSSR count). The van der Waals surface area contributed by atoms with Crippen molar-refractivity contribution in [1.29, 1.82) is 0 Å². The van der Waals surface area contributed by atoms with Crippen LogP contribution in [0.25, 0.3) is 0 Å². The van der Waals surface area contributed by atoms with Gasteiger partial charge in [0.05, 0.1) is 19.3 Å². The first-order valence-corrected chi connectivity index (χ1v) is 20.4. The molecule has 0 aliphatic carbocycles. The zero-order valence-electron chi connectivity index (χ0n) is 35.5. The lowest BCUT2D eigenvalue weighted by atomic mass is 9.79. The van der Waals surface area contributed by atoms with Crippen molar-refractivity contribution in [3.05, 3.63) is 0 Å². The number of hydrogen-bond donors (Lipinski definition) is 7. The zero-order chi connectivity index (χ0) is 44.9. The van der Waals surface area contributed by atoms with E-state index in [0.29, 0.717) is 12.3 Å². The van der Waals surface area contributed by atoms with E-state index >= 15 is 0 Å². The van der Waals surface area contributed by atoms with Crippen molar-refractivity contribution in [3.8, 4) is 0 Å². The van der Waals surface area contributed by atoms with Crippen LogP contribution in [0.5, 0.6) is 0 Å².